The second kappa shape index (κ2) is 4.41. The number of carboxylic acid groups (broad SMARTS) is 1. The number of benzene rings is 1. The molecule has 0 amide bonds. The van der Waals surface area contributed by atoms with Crippen molar-refractivity contribution in [3.8, 4) is 0 Å². The lowest BCUT2D eigenvalue weighted by molar-refractivity contribution is -0.136. The maximum atomic E-state index is 11.7. The molecule has 1 heterocycles. The number of aromatic nitrogens is 1. The zero-order valence-electron chi connectivity index (χ0n) is 9.49. The fraction of sp³-hybridized carbons (Fsp3) is 0.231. The van der Waals surface area contributed by atoms with Crippen LogP contribution in [0.15, 0.2) is 29.1 Å². The van der Waals surface area contributed by atoms with Gasteiger partial charge in [0.05, 0.1) is 0 Å². The molecule has 1 aromatic carbocycles. The van der Waals surface area contributed by atoms with E-state index in [0.717, 1.165) is 16.5 Å². The second-order valence-corrected chi connectivity index (χ2v) is 4.11. The van der Waals surface area contributed by atoms with Crippen LogP contribution in [0, 0.1) is 6.92 Å². The summed E-state index contributed by atoms with van der Waals surface area (Å²) in [7, 11) is 0. The summed E-state index contributed by atoms with van der Waals surface area (Å²) in [4.78, 5) is 25.0. The number of hydrogen-bond acceptors (Lipinski definition) is 2. The summed E-state index contributed by atoms with van der Waals surface area (Å²) in [6, 6.07) is 7.54. The third-order valence-electron chi connectivity index (χ3n) is 2.69. The van der Waals surface area contributed by atoms with Crippen LogP contribution in [0.2, 0.25) is 0 Å². The van der Waals surface area contributed by atoms with Crippen LogP contribution in [0.4, 0.5) is 0 Å². The molecule has 4 nitrogen and oxygen atoms in total. The van der Waals surface area contributed by atoms with Crippen molar-refractivity contribution in [2.24, 2.45) is 0 Å². The number of fused-ring (bicyclic) bond motifs is 1. The van der Waals surface area contributed by atoms with Crippen LogP contribution in [0.25, 0.3) is 10.9 Å². The highest BCUT2D eigenvalue weighted by molar-refractivity contribution is 5.79. The minimum atomic E-state index is -0.895. The summed E-state index contributed by atoms with van der Waals surface area (Å²) in [5.41, 5.74) is 2.17. The smallest absolute Gasteiger partial charge is 0.303 e. The first kappa shape index (κ1) is 11.4. The second-order valence-electron chi connectivity index (χ2n) is 4.11. The number of aliphatic carboxylic acids is 1. The maximum absolute atomic E-state index is 11.7. The van der Waals surface area contributed by atoms with E-state index in [1.165, 1.54) is 0 Å². The minimum Gasteiger partial charge on any atom is -0.481 e. The summed E-state index contributed by atoms with van der Waals surface area (Å²) in [5, 5.41) is 9.53. The van der Waals surface area contributed by atoms with Crippen molar-refractivity contribution in [1.82, 2.24) is 4.98 Å². The largest absolute Gasteiger partial charge is 0.481 e. The molecule has 4 heteroatoms. The Labute approximate surface area is 97.9 Å². The van der Waals surface area contributed by atoms with E-state index in [1.54, 1.807) is 6.07 Å². The van der Waals surface area contributed by atoms with E-state index in [-0.39, 0.29) is 18.4 Å². The monoisotopic (exact) mass is 231 g/mol. The van der Waals surface area contributed by atoms with Gasteiger partial charge in [0.1, 0.15) is 0 Å². The predicted molar refractivity (Wildman–Crippen MR) is 65.3 cm³/mol. The van der Waals surface area contributed by atoms with E-state index in [2.05, 4.69) is 4.98 Å². The van der Waals surface area contributed by atoms with Gasteiger partial charge in [-0.3, -0.25) is 9.59 Å². The standard InChI is InChI=1S/C13H13NO3/c1-8-2-3-9-7-10(4-5-12(15)16)13(17)14-11(9)6-8/h2-3,6-7H,4-5H2,1H3,(H,14,17)(H,15,16). The quantitative estimate of drug-likeness (QED) is 0.846. The number of nitrogens with one attached hydrogen (secondary N) is 1. The van der Waals surface area contributed by atoms with Crippen molar-refractivity contribution in [2.75, 3.05) is 0 Å². The van der Waals surface area contributed by atoms with Gasteiger partial charge in [-0.05, 0) is 36.4 Å². The van der Waals surface area contributed by atoms with Crippen LogP contribution in [0.1, 0.15) is 17.5 Å². The molecule has 17 heavy (non-hydrogen) atoms. The third-order valence-corrected chi connectivity index (χ3v) is 2.69. The van der Waals surface area contributed by atoms with Gasteiger partial charge in [0, 0.05) is 17.5 Å². The van der Waals surface area contributed by atoms with Crippen LogP contribution in [0.3, 0.4) is 0 Å². The Kier molecular flexibility index (Phi) is 2.95. The van der Waals surface area contributed by atoms with Crippen molar-refractivity contribution in [2.45, 2.75) is 19.8 Å². The number of carbonyl (C=O) groups is 1. The van der Waals surface area contributed by atoms with Gasteiger partial charge in [-0.25, -0.2) is 0 Å². The molecule has 0 saturated carbocycles. The number of carboxylic acids is 1. The summed E-state index contributed by atoms with van der Waals surface area (Å²) >= 11 is 0. The molecule has 2 rings (SSSR count). The number of pyridine rings is 1. The number of H-pyrrole nitrogens is 1. The van der Waals surface area contributed by atoms with Crippen molar-refractivity contribution in [3.63, 3.8) is 0 Å². The topological polar surface area (TPSA) is 70.2 Å². The fourth-order valence-corrected chi connectivity index (χ4v) is 1.79. The average molecular weight is 231 g/mol. The molecule has 2 N–H and O–H groups in total. The Morgan fingerprint density at radius 3 is 2.82 bits per heavy atom. The van der Waals surface area contributed by atoms with Gasteiger partial charge in [-0.15, -0.1) is 0 Å². The van der Waals surface area contributed by atoms with Crippen LogP contribution >= 0.6 is 0 Å². The molecule has 0 radical (unpaired) electrons. The van der Waals surface area contributed by atoms with E-state index in [9.17, 15) is 9.59 Å². The van der Waals surface area contributed by atoms with E-state index in [0.29, 0.717) is 5.56 Å². The first-order valence-corrected chi connectivity index (χ1v) is 5.40. The summed E-state index contributed by atoms with van der Waals surface area (Å²) in [6.45, 7) is 1.95. The van der Waals surface area contributed by atoms with Crippen LogP contribution in [-0.4, -0.2) is 16.1 Å². The van der Waals surface area contributed by atoms with Gasteiger partial charge < -0.3 is 10.1 Å². The van der Waals surface area contributed by atoms with Gasteiger partial charge in [0.15, 0.2) is 0 Å². The predicted octanol–water partition coefficient (Wildman–Crippen LogP) is 1.85. The molecular weight excluding hydrogens is 218 g/mol. The summed E-state index contributed by atoms with van der Waals surface area (Å²) < 4.78 is 0. The molecule has 0 spiro atoms. The zero-order chi connectivity index (χ0) is 12.4. The lowest BCUT2D eigenvalue weighted by Crippen LogP contribution is -2.13. The SMILES string of the molecule is Cc1ccc2cc(CCC(=O)O)c(=O)[nH]c2c1. The number of rotatable bonds is 3. The molecule has 0 atom stereocenters. The highest BCUT2D eigenvalue weighted by Gasteiger charge is 2.05. The molecular formula is C13H13NO3. The number of aromatic amines is 1. The first-order chi connectivity index (χ1) is 8.06. The molecule has 0 aliphatic heterocycles. The minimum absolute atomic E-state index is 0.0273. The van der Waals surface area contributed by atoms with Crippen LogP contribution in [0.5, 0.6) is 0 Å². The van der Waals surface area contributed by atoms with Crippen molar-refractivity contribution in [1.29, 1.82) is 0 Å². The highest BCUT2D eigenvalue weighted by Crippen LogP contribution is 2.13. The van der Waals surface area contributed by atoms with E-state index >= 15 is 0 Å². The molecule has 2 aromatic rings. The first-order valence-electron chi connectivity index (χ1n) is 5.40. The van der Waals surface area contributed by atoms with Gasteiger partial charge in [0.2, 0.25) is 0 Å². The number of aryl methyl sites for hydroxylation is 2. The van der Waals surface area contributed by atoms with Gasteiger partial charge in [-0.1, -0.05) is 12.1 Å². The molecule has 0 unspecified atom stereocenters. The molecule has 0 aliphatic rings. The lowest BCUT2D eigenvalue weighted by atomic mass is 10.1. The molecule has 0 aliphatic carbocycles. The molecule has 0 bridgehead atoms. The lowest BCUT2D eigenvalue weighted by Gasteiger charge is -2.03. The maximum Gasteiger partial charge on any atom is 0.303 e. The van der Waals surface area contributed by atoms with Crippen LogP contribution < -0.4 is 5.56 Å². The Hall–Kier alpha value is -2.10. The van der Waals surface area contributed by atoms with E-state index in [4.69, 9.17) is 5.11 Å². The molecule has 0 fully saturated rings. The molecule has 88 valence electrons. The van der Waals surface area contributed by atoms with E-state index < -0.39 is 5.97 Å². The average Bonchev–Trinajstić information content (AvgIpc) is 2.26. The third kappa shape index (κ3) is 2.53. The van der Waals surface area contributed by atoms with Gasteiger partial charge >= 0.3 is 5.97 Å². The van der Waals surface area contributed by atoms with Crippen molar-refractivity contribution < 1.29 is 9.90 Å². The van der Waals surface area contributed by atoms with E-state index in [1.807, 2.05) is 25.1 Å². The van der Waals surface area contributed by atoms with Crippen molar-refractivity contribution in [3.05, 3.63) is 45.7 Å². The Morgan fingerprint density at radius 1 is 1.35 bits per heavy atom. The van der Waals surface area contributed by atoms with Crippen molar-refractivity contribution >= 4 is 16.9 Å². The summed E-state index contributed by atoms with van der Waals surface area (Å²) in [6.07, 6.45) is 0.231. The molecule has 0 saturated heterocycles. The Morgan fingerprint density at radius 2 is 2.12 bits per heavy atom. The van der Waals surface area contributed by atoms with Crippen LogP contribution in [-0.2, 0) is 11.2 Å². The fourth-order valence-electron chi connectivity index (χ4n) is 1.79. The van der Waals surface area contributed by atoms with Gasteiger partial charge in [-0.2, -0.15) is 0 Å². The van der Waals surface area contributed by atoms with Gasteiger partial charge in [0.25, 0.3) is 5.56 Å². The Balaban J connectivity index is 2.45. The number of hydrogen-bond donors (Lipinski definition) is 2. The highest BCUT2D eigenvalue weighted by atomic mass is 16.4. The normalized spacial score (nSPS) is 10.6. The molecule has 1 aromatic heterocycles. The zero-order valence-corrected chi connectivity index (χ0v) is 9.49. The Bertz CT molecular complexity index is 628. The summed E-state index contributed by atoms with van der Waals surface area (Å²) in [5.74, 6) is -0.895.